The number of carboxylic acids is 1. The Balaban J connectivity index is 3.03. The molecule has 0 unspecified atom stereocenters. The summed E-state index contributed by atoms with van der Waals surface area (Å²) in [6.45, 7) is 9.68. The molecule has 1 rings (SSSR count). The van der Waals surface area contributed by atoms with E-state index in [1.807, 2.05) is 20.8 Å². The molecule has 0 aliphatic heterocycles. The molecule has 2 amide bonds. The van der Waals surface area contributed by atoms with Gasteiger partial charge in [0.05, 0.1) is 16.3 Å². The number of nitrogens with zero attached hydrogens (tertiary/aromatic N) is 1. The number of hydrogen-bond acceptors (Lipinski definition) is 2. The van der Waals surface area contributed by atoms with Gasteiger partial charge in [-0.15, -0.1) is 6.58 Å². The van der Waals surface area contributed by atoms with E-state index in [2.05, 4.69) is 11.9 Å². The molecule has 6 heteroatoms. The number of amides is 2. The van der Waals surface area contributed by atoms with E-state index in [4.69, 9.17) is 16.7 Å². The molecule has 0 saturated carbocycles. The second kappa shape index (κ2) is 6.63. The fraction of sp³-hybridized carbons (Fsp3) is 0.333. The molecule has 0 aliphatic rings. The third kappa shape index (κ3) is 4.49. The summed E-state index contributed by atoms with van der Waals surface area (Å²) in [7, 11) is 0. The van der Waals surface area contributed by atoms with Gasteiger partial charge in [0.15, 0.2) is 0 Å². The zero-order chi connectivity index (χ0) is 16.2. The molecule has 0 fully saturated rings. The monoisotopic (exact) mass is 310 g/mol. The number of anilines is 1. The summed E-state index contributed by atoms with van der Waals surface area (Å²) in [5.74, 6) is -1.08. The number of urea groups is 1. The van der Waals surface area contributed by atoms with Crippen LogP contribution in [0.5, 0.6) is 0 Å². The van der Waals surface area contributed by atoms with Gasteiger partial charge in [0.25, 0.3) is 0 Å². The van der Waals surface area contributed by atoms with Crippen molar-refractivity contribution in [3.8, 4) is 0 Å². The molecule has 0 radical (unpaired) electrons. The number of hydrogen-bond donors (Lipinski definition) is 2. The quantitative estimate of drug-likeness (QED) is 0.830. The van der Waals surface area contributed by atoms with E-state index in [-0.39, 0.29) is 22.3 Å². The summed E-state index contributed by atoms with van der Waals surface area (Å²) >= 11 is 5.99. The van der Waals surface area contributed by atoms with Crippen molar-refractivity contribution in [1.82, 2.24) is 4.90 Å². The molecular weight excluding hydrogens is 292 g/mol. The van der Waals surface area contributed by atoms with Crippen molar-refractivity contribution in [2.45, 2.75) is 26.3 Å². The lowest BCUT2D eigenvalue weighted by atomic mass is 10.1. The number of benzene rings is 1. The standard InChI is InChI=1S/C15H19ClN2O3/c1-5-8-18(15(2,3)4)14(21)17-12-9-10(13(19)20)6-7-11(12)16/h5-7,9H,1,8H2,2-4H3,(H,17,21)(H,19,20). The minimum Gasteiger partial charge on any atom is -0.478 e. The van der Waals surface area contributed by atoms with Crippen LogP contribution in [0.2, 0.25) is 5.02 Å². The minimum atomic E-state index is -1.08. The second-order valence-corrected chi connectivity index (χ2v) is 5.91. The van der Waals surface area contributed by atoms with Crippen LogP contribution in [0.3, 0.4) is 0 Å². The van der Waals surface area contributed by atoms with Gasteiger partial charge in [0, 0.05) is 12.1 Å². The van der Waals surface area contributed by atoms with Gasteiger partial charge < -0.3 is 15.3 Å². The number of nitrogens with one attached hydrogen (secondary N) is 1. The van der Waals surface area contributed by atoms with E-state index < -0.39 is 11.5 Å². The lowest BCUT2D eigenvalue weighted by molar-refractivity contribution is 0.0697. The number of rotatable bonds is 4. The number of aromatic carboxylic acids is 1. The Morgan fingerprint density at radius 2 is 2.05 bits per heavy atom. The van der Waals surface area contributed by atoms with Crippen LogP contribution in [-0.4, -0.2) is 34.1 Å². The smallest absolute Gasteiger partial charge is 0.335 e. The molecule has 0 saturated heterocycles. The molecule has 0 aromatic heterocycles. The van der Waals surface area contributed by atoms with Crippen molar-refractivity contribution in [1.29, 1.82) is 0 Å². The summed E-state index contributed by atoms with van der Waals surface area (Å²) in [4.78, 5) is 24.9. The average Bonchev–Trinajstić information content (AvgIpc) is 2.36. The van der Waals surface area contributed by atoms with E-state index in [9.17, 15) is 9.59 Å². The largest absolute Gasteiger partial charge is 0.478 e. The summed E-state index contributed by atoms with van der Waals surface area (Å²) in [5, 5.41) is 11.9. The van der Waals surface area contributed by atoms with Gasteiger partial charge >= 0.3 is 12.0 Å². The molecule has 0 spiro atoms. The molecule has 0 heterocycles. The first-order chi connectivity index (χ1) is 9.66. The van der Waals surface area contributed by atoms with E-state index in [1.54, 1.807) is 11.0 Å². The van der Waals surface area contributed by atoms with Crippen molar-refractivity contribution in [2.75, 3.05) is 11.9 Å². The second-order valence-electron chi connectivity index (χ2n) is 5.50. The molecule has 0 aliphatic carbocycles. The maximum atomic E-state index is 12.3. The first-order valence-corrected chi connectivity index (χ1v) is 6.77. The van der Waals surface area contributed by atoms with Gasteiger partial charge in [-0.25, -0.2) is 9.59 Å². The molecule has 21 heavy (non-hydrogen) atoms. The van der Waals surface area contributed by atoms with E-state index in [1.165, 1.54) is 18.2 Å². The van der Waals surface area contributed by atoms with Crippen molar-refractivity contribution in [2.24, 2.45) is 0 Å². The molecule has 5 nitrogen and oxygen atoms in total. The Labute approximate surface area is 129 Å². The zero-order valence-corrected chi connectivity index (χ0v) is 13.1. The molecule has 1 aromatic carbocycles. The number of carbonyl (C=O) groups excluding carboxylic acids is 1. The van der Waals surface area contributed by atoms with Crippen LogP contribution in [0.4, 0.5) is 10.5 Å². The van der Waals surface area contributed by atoms with Crippen molar-refractivity contribution in [3.05, 3.63) is 41.4 Å². The summed E-state index contributed by atoms with van der Waals surface area (Å²) in [6, 6.07) is 3.78. The lowest BCUT2D eigenvalue weighted by Gasteiger charge is -2.34. The lowest BCUT2D eigenvalue weighted by Crippen LogP contribution is -2.47. The van der Waals surface area contributed by atoms with E-state index >= 15 is 0 Å². The minimum absolute atomic E-state index is 0.0562. The van der Waals surface area contributed by atoms with Gasteiger partial charge in [-0.05, 0) is 39.0 Å². The summed E-state index contributed by atoms with van der Waals surface area (Å²) in [5.41, 5.74) is -0.0876. The van der Waals surface area contributed by atoms with Crippen molar-refractivity contribution >= 4 is 29.3 Å². The molecule has 0 bridgehead atoms. The molecule has 0 atom stereocenters. The van der Waals surface area contributed by atoms with Crippen LogP contribution in [-0.2, 0) is 0 Å². The first kappa shape index (κ1) is 17.0. The topological polar surface area (TPSA) is 69.6 Å². The zero-order valence-electron chi connectivity index (χ0n) is 12.3. The predicted molar refractivity (Wildman–Crippen MR) is 84.1 cm³/mol. The van der Waals surface area contributed by atoms with Gasteiger partial charge in [0.1, 0.15) is 0 Å². The Bertz CT molecular complexity index is 565. The maximum Gasteiger partial charge on any atom is 0.335 e. The Kier molecular flexibility index (Phi) is 5.38. The van der Waals surface area contributed by atoms with Gasteiger partial charge in [-0.3, -0.25) is 0 Å². The third-order valence-corrected chi connectivity index (χ3v) is 3.15. The first-order valence-electron chi connectivity index (χ1n) is 6.39. The Morgan fingerprint density at radius 1 is 1.43 bits per heavy atom. The van der Waals surface area contributed by atoms with Crippen molar-refractivity contribution in [3.63, 3.8) is 0 Å². The average molecular weight is 311 g/mol. The van der Waals surface area contributed by atoms with E-state index in [0.29, 0.717) is 6.54 Å². The predicted octanol–water partition coefficient (Wildman–Crippen LogP) is 3.86. The molecular formula is C15H19ClN2O3. The number of halogens is 1. The highest BCUT2D eigenvalue weighted by molar-refractivity contribution is 6.33. The van der Waals surface area contributed by atoms with Crippen LogP contribution in [0.25, 0.3) is 0 Å². The Hall–Kier alpha value is -2.01. The van der Waals surface area contributed by atoms with Crippen LogP contribution in [0.1, 0.15) is 31.1 Å². The number of carboxylic acid groups (broad SMARTS) is 1. The van der Waals surface area contributed by atoms with Crippen LogP contribution >= 0.6 is 11.6 Å². The van der Waals surface area contributed by atoms with Gasteiger partial charge in [-0.2, -0.15) is 0 Å². The summed E-state index contributed by atoms with van der Waals surface area (Å²) in [6.07, 6.45) is 1.63. The van der Waals surface area contributed by atoms with E-state index in [0.717, 1.165) is 0 Å². The summed E-state index contributed by atoms with van der Waals surface area (Å²) < 4.78 is 0. The van der Waals surface area contributed by atoms with Crippen LogP contribution < -0.4 is 5.32 Å². The fourth-order valence-electron chi connectivity index (χ4n) is 1.73. The maximum absolute atomic E-state index is 12.3. The Morgan fingerprint density at radius 3 is 2.52 bits per heavy atom. The SMILES string of the molecule is C=CCN(C(=O)Nc1cc(C(=O)O)ccc1Cl)C(C)(C)C. The molecule has 1 aromatic rings. The normalized spacial score (nSPS) is 10.9. The molecule has 114 valence electrons. The molecule has 2 N–H and O–H groups in total. The highest BCUT2D eigenvalue weighted by Gasteiger charge is 2.25. The fourth-order valence-corrected chi connectivity index (χ4v) is 1.89. The third-order valence-electron chi connectivity index (χ3n) is 2.82. The van der Waals surface area contributed by atoms with Gasteiger partial charge in [0.2, 0.25) is 0 Å². The highest BCUT2D eigenvalue weighted by Crippen LogP contribution is 2.24. The van der Waals surface area contributed by atoms with Gasteiger partial charge in [-0.1, -0.05) is 17.7 Å². The van der Waals surface area contributed by atoms with Crippen LogP contribution in [0, 0.1) is 0 Å². The number of carbonyl (C=O) groups is 2. The van der Waals surface area contributed by atoms with Crippen LogP contribution in [0.15, 0.2) is 30.9 Å². The highest BCUT2D eigenvalue weighted by atomic mass is 35.5. The van der Waals surface area contributed by atoms with Crippen molar-refractivity contribution < 1.29 is 14.7 Å².